The number of anilines is 2. The summed E-state index contributed by atoms with van der Waals surface area (Å²) < 4.78 is 45.0. The van der Waals surface area contributed by atoms with E-state index >= 15 is 0 Å². The predicted molar refractivity (Wildman–Crippen MR) is 149 cm³/mol. The Bertz CT molecular complexity index is 1310. The van der Waals surface area contributed by atoms with E-state index in [0.29, 0.717) is 34.0 Å². The maximum absolute atomic E-state index is 12.9. The van der Waals surface area contributed by atoms with Gasteiger partial charge >= 0.3 is 6.18 Å². The zero-order valence-corrected chi connectivity index (χ0v) is 22.9. The van der Waals surface area contributed by atoms with Crippen molar-refractivity contribution in [2.45, 2.75) is 26.4 Å². The van der Waals surface area contributed by atoms with E-state index in [-0.39, 0.29) is 16.4 Å². The second-order valence-corrected chi connectivity index (χ2v) is 9.96. The summed E-state index contributed by atoms with van der Waals surface area (Å²) in [6, 6.07) is 15.4. The molecule has 200 valence electrons. The number of rotatable bonds is 8. The summed E-state index contributed by atoms with van der Waals surface area (Å²) >= 11 is 8.63. The van der Waals surface area contributed by atoms with Gasteiger partial charge in [-0.3, -0.25) is 14.9 Å². The summed E-state index contributed by atoms with van der Waals surface area (Å²) in [6.45, 7) is 4.79. The molecule has 6 nitrogen and oxygen atoms in total. The topological polar surface area (TPSA) is 79.5 Å². The summed E-state index contributed by atoms with van der Waals surface area (Å²) in [7, 11) is 0. The van der Waals surface area contributed by atoms with Gasteiger partial charge in [-0.15, -0.1) is 0 Å². The minimum absolute atomic E-state index is 0.0257. The largest absolute Gasteiger partial charge is 0.492 e. The number of hydrogen-bond acceptors (Lipinski definition) is 4. The summed E-state index contributed by atoms with van der Waals surface area (Å²) in [5, 5.41) is 7.93. The molecule has 0 aliphatic carbocycles. The first-order chi connectivity index (χ1) is 17.9. The van der Waals surface area contributed by atoms with Gasteiger partial charge in [0, 0.05) is 22.5 Å². The van der Waals surface area contributed by atoms with Crippen molar-refractivity contribution in [3.05, 3.63) is 87.9 Å². The molecule has 0 atom stereocenters. The van der Waals surface area contributed by atoms with E-state index in [1.165, 1.54) is 24.3 Å². The van der Waals surface area contributed by atoms with Crippen LogP contribution in [0.2, 0.25) is 0 Å². The van der Waals surface area contributed by atoms with Gasteiger partial charge in [0.05, 0.1) is 16.6 Å². The van der Waals surface area contributed by atoms with E-state index in [4.69, 9.17) is 17.0 Å². The molecule has 3 aromatic rings. The Hall–Kier alpha value is -3.44. The Morgan fingerprint density at radius 2 is 1.61 bits per heavy atom. The number of thiocarbonyl (C=S) groups is 1. The Labute approximate surface area is 232 Å². The molecule has 38 heavy (non-hydrogen) atoms. The second-order valence-electron chi connectivity index (χ2n) is 8.69. The number of amides is 2. The quantitative estimate of drug-likeness (QED) is 0.235. The van der Waals surface area contributed by atoms with Gasteiger partial charge in [-0.25, -0.2) is 0 Å². The standard InChI is InChI=1S/C27H25BrF3N3O3S/c1-16(2)12-13-37-23-11-8-18(14-22(23)28)25(36)34-26(38)33-20-9-6-17(7-10-20)24(35)32-21-5-3-4-19(15-21)27(29,30)31/h3-11,14-16H,12-13H2,1-2H3,(H,32,35)(H2,33,34,36,38). The lowest BCUT2D eigenvalue weighted by molar-refractivity contribution is -0.137. The van der Waals surface area contributed by atoms with E-state index in [0.717, 1.165) is 18.6 Å². The van der Waals surface area contributed by atoms with Crippen LogP contribution in [0.25, 0.3) is 0 Å². The van der Waals surface area contributed by atoms with Gasteiger partial charge in [0.25, 0.3) is 11.8 Å². The van der Waals surface area contributed by atoms with Gasteiger partial charge in [-0.05, 0) is 101 Å². The normalized spacial score (nSPS) is 11.1. The number of nitrogens with one attached hydrogen (secondary N) is 3. The number of carbonyl (C=O) groups is 2. The lowest BCUT2D eigenvalue weighted by Crippen LogP contribution is -2.34. The summed E-state index contributed by atoms with van der Waals surface area (Å²) in [6.07, 6.45) is -3.60. The highest BCUT2D eigenvalue weighted by molar-refractivity contribution is 9.10. The number of halogens is 4. The van der Waals surface area contributed by atoms with Crippen molar-refractivity contribution in [1.29, 1.82) is 0 Å². The smallest absolute Gasteiger partial charge is 0.416 e. The van der Waals surface area contributed by atoms with E-state index in [1.54, 1.807) is 30.3 Å². The molecule has 0 bridgehead atoms. The Morgan fingerprint density at radius 3 is 2.24 bits per heavy atom. The third-order valence-corrected chi connectivity index (χ3v) is 6.05. The van der Waals surface area contributed by atoms with Gasteiger partial charge in [0.2, 0.25) is 0 Å². The number of hydrogen-bond donors (Lipinski definition) is 3. The number of ether oxygens (including phenoxy) is 1. The van der Waals surface area contributed by atoms with Gasteiger partial charge in [-0.1, -0.05) is 19.9 Å². The average molecular weight is 608 g/mol. The third-order valence-electron chi connectivity index (χ3n) is 5.23. The predicted octanol–water partition coefficient (Wildman–Crippen LogP) is 7.27. The van der Waals surface area contributed by atoms with Gasteiger partial charge in [-0.2, -0.15) is 13.2 Å². The monoisotopic (exact) mass is 607 g/mol. The van der Waals surface area contributed by atoms with Crippen LogP contribution in [0.4, 0.5) is 24.5 Å². The van der Waals surface area contributed by atoms with Crippen LogP contribution in [0, 0.1) is 5.92 Å². The van der Waals surface area contributed by atoms with Crippen molar-refractivity contribution in [3.8, 4) is 5.75 Å². The minimum atomic E-state index is -4.51. The van der Waals surface area contributed by atoms with Crippen molar-refractivity contribution in [1.82, 2.24) is 5.32 Å². The number of benzene rings is 3. The molecule has 0 saturated carbocycles. The van der Waals surface area contributed by atoms with Gasteiger partial charge in [0.15, 0.2) is 5.11 Å². The highest BCUT2D eigenvalue weighted by Gasteiger charge is 2.30. The lowest BCUT2D eigenvalue weighted by atomic mass is 10.1. The van der Waals surface area contributed by atoms with Crippen molar-refractivity contribution in [2.75, 3.05) is 17.2 Å². The molecule has 0 radical (unpaired) electrons. The molecule has 0 spiro atoms. The first-order valence-electron chi connectivity index (χ1n) is 11.6. The van der Waals surface area contributed by atoms with Crippen LogP contribution in [-0.4, -0.2) is 23.5 Å². The molecule has 11 heteroatoms. The maximum atomic E-state index is 12.9. The fourth-order valence-electron chi connectivity index (χ4n) is 3.18. The third kappa shape index (κ3) is 8.56. The van der Waals surface area contributed by atoms with E-state index in [9.17, 15) is 22.8 Å². The van der Waals surface area contributed by atoms with Crippen LogP contribution < -0.4 is 20.7 Å². The Balaban J connectivity index is 1.54. The van der Waals surface area contributed by atoms with Crippen LogP contribution in [0.1, 0.15) is 46.5 Å². The van der Waals surface area contributed by atoms with Crippen LogP contribution in [-0.2, 0) is 6.18 Å². The van der Waals surface area contributed by atoms with Crippen molar-refractivity contribution < 1.29 is 27.5 Å². The highest BCUT2D eigenvalue weighted by atomic mass is 79.9. The van der Waals surface area contributed by atoms with Crippen molar-refractivity contribution in [3.63, 3.8) is 0 Å². The van der Waals surface area contributed by atoms with Crippen molar-refractivity contribution >= 4 is 56.4 Å². The first kappa shape index (κ1) is 29.1. The molecule has 0 unspecified atom stereocenters. The zero-order valence-electron chi connectivity index (χ0n) is 20.5. The fraction of sp³-hybridized carbons (Fsp3) is 0.222. The zero-order chi connectivity index (χ0) is 27.9. The van der Waals surface area contributed by atoms with Crippen LogP contribution >= 0.6 is 28.1 Å². The second kappa shape index (κ2) is 12.9. The molecule has 0 heterocycles. The van der Waals surface area contributed by atoms with Crippen LogP contribution in [0.15, 0.2) is 71.2 Å². The molecule has 3 N–H and O–H groups in total. The fourth-order valence-corrected chi connectivity index (χ4v) is 3.89. The number of alkyl halides is 3. The van der Waals surface area contributed by atoms with E-state index < -0.39 is 23.6 Å². The van der Waals surface area contributed by atoms with Gasteiger partial charge < -0.3 is 15.4 Å². The average Bonchev–Trinajstić information content (AvgIpc) is 2.84. The molecule has 3 rings (SSSR count). The van der Waals surface area contributed by atoms with E-state index in [2.05, 4.69) is 45.7 Å². The molecule has 0 aliphatic heterocycles. The molecule has 0 fully saturated rings. The van der Waals surface area contributed by atoms with Crippen LogP contribution in [0.3, 0.4) is 0 Å². The van der Waals surface area contributed by atoms with Crippen LogP contribution in [0.5, 0.6) is 5.75 Å². The van der Waals surface area contributed by atoms with Gasteiger partial charge in [0.1, 0.15) is 5.75 Å². The molecule has 3 aromatic carbocycles. The Morgan fingerprint density at radius 1 is 0.921 bits per heavy atom. The molecule has 0 aromatic heterocycles. The summed E-state index contributed by atoms with van der Waals surface area (Å²) in [5.74, 6) is 0.160. The van der Waals surface area contributed by atoms with Crippen molar-refractivity contribution in [2.24, 2.45) is 5.92 Å². The lowest BCUT2D eigenvalue weighted by Gasteiger charge is -2.13. The SMILES string of the molecule is CC(C)CCOc1ccc(C(=O)NC(=S)Nc2ccc(C(=O)Nc3cccc(C(F)(F)F)c3)cc2)cc1Br. The molecular weight excluding hydrogens is 583 g/mol. The molecular formula is C27H25BrF3N3O3S. The number of carbonyl (C=O) groups excluding carboxylic acids is 2. The molecule has 0 saturated heterocycles. The first-order valence-corrected chi connectivity index (χ1v) is 12.8. The Kier molecular flexibility index (Phi) is 9.87. The minimum Gasteiger partial charge on any atom is -0.492 e. The molecule has 2 amide bonds. The van der Waals surface area contributed by atoms with E-state index in [1.807, 2.05) is 0 Å². The summed E-state index contributed by atoms with van der Waals surface area (Å²) in [5.41, 5.74) is 0.268. The molecule has 0 aliphatic rings. The maximum Gasteiger partial charge on any atom is 0.416 e. The summed E-state index contributed by atoms with van der Waals surface area (Å²) in [4.78, 5) is 25.0. The highest BCUT2D eigenvalue weighted by Crippen LogP contribution is 2.31.